The fourth-order valence-electron chi connectivity index (χ4n) is 4.22. The Morgan fingerprint density at radius 1 is 1.13 bits per heavy atom. The molecule has 23 heavy (non-hydrogen) atoms. The number of nitriles is 1. The van der Waals surface area contributed by atoms with E-state index in [2.05, 4.69) is 24.3 Å². The lowest BCUT2D eigenvalue weighted by atomic mass is 9.70. The number of aliphatic hydroxyl groups excluding tert-OH is 1. The summed E-state index contributed by atoms with van der Waals surface area (Å²) in [7, 11) is 0. The molecule has 2 aliphatic rings. The molecule has 3 heteroatoms. The van der Waals surface area contributed by atoms with Crippen LogP contribution in [0.15, 0.2) is 35.9 Å². The molecule has 3 rings (SSSR count). The van der Waals surface area contributed by atoms with Gasteiger partial charge >= 0.3 is 0 Å². The molecule has 0 radical (unpaired) electrons. The quantitative estimate of drug-likeness (QED) is 0.856. The first kappa shape index (κ1) is 16.6. The van der Waals surface area contributed by atoms with Crippen LogP contribution in [0.2, 0.25) is 5.02 Å². The van der Waals surface area contributed by atoms with Crippen LogP contribution >= 0.6 is 11.6 Å². The van der Waals surface area contributed by atoms with Crippen molar-refractivity contribution in [1.29, 1.82) is 5.26 Å². The Morgan fingerprint density at radius 2 is 1.83 bits per heavy atom. The number of hydrogen-bond donors (Lipinski definition) is 1. The highest BCUT2D eigenvalue weighted by Crippen LogP contribution is 2.40. The normalized spacial score (nSPS) is 31.3. The van der Waals surface area contributed by atoms with Crippen molar-refractivity contribution >= 4 is 11.6 Å². The summed E-state index contributed by atoms with van der Waals surface area (Å²) in [6.45, 7) is 0. The van der Waals surface area contributed by atoms with Gasteiger partial charge in [0.15, 0.2) is 0 Å². The maximum atomic E-state index is 9.71. The zero-order chi connectivity index (χ0) is 16.2. The molecule has 0 aromatic heterocycles. The molecule has 2 aliphatic carbocycles. The van der Waals surface area contributed by atoms with E-state index < -0.39 is 0 Å². The predicted octanol–water partition coefficient (Wildman–Crippen LogP) is 4.91. The SMILES string of the molecule is N#CC1=CC(C2CCC(O)CC2)CC(Cc2ccc(Cl)cc2)C1. The Balaban J connectivity index is 1.67. The third kappa shape index (κ3) is 4.37. The minimum atomic E-state index is -0.112. The lowest BCUT2D eigenvalue weighted by Crippen LogP contribution is -2.27. The van der Waals surface area contributed by atoms with Crippen molar-refractivity contribution in [3.05, 3.63) is 46.5 Å². The van der Waals surface area contributed by atoms with Crippen molar-refractivity contribution in [3.63, 3.8) is 0 Å². The van der Waals surface area contributed by atoms with E-state index in [9.17, 15) is 10.4 Å². The van der Waals surface area contributed by atoms with Crippen molar-refractivity contribution in [2.45, 2.75) is 51.0 Å². The zero-order valence-electron chi connectivity index (χ0n) is 13.4. The topological polar surface area (TPSA) is 44.0 Å². The van der Waals surface area contributed by atoms with Crippen LogP contribution in [0.5, 0.6) is 0 Å². The second-order valence-corrected chi connectivity index (χ2v) is 7.61. The number of aliphatic hydroxyl groups is 1. The van der Waals surface area contributed by atoms with Crippen molar-refractivity contribution in [2.24, 2.45) is 17.8 Å². The van der Waals surface area contributed by atoms with Gasteiger partial charge < -0.3 is 5.11 Å². The predicted molar refractivity (Wildman–Crippen MR) is 93.0 cm³/mol. The van der Waals surface area contributed by atoms with E-state index in [0.717, 1.165) is 55.5 Å². The van der Waals surface area contributed by atoms with Crippen molar-refractivity contribution in [1.82, 2.24) is 0 Å². The molecule has 0 heterocycles. The summed E-state index contributed by atoms with van der Waals surface area (Å²) in [6.07, 6.45) is 9.20. The maximum absolute atomic E-state index is 9.71. The number of allylic oxidation sites excluding steroid dienone is 2. The lowest BCUT2D eigenvalue weighted by Gasteiger charge is -2.35. The molecule has 2 nitrogen and oxygen atoms in total. The minimum Gasteiger partial charge on any atom is -0.393 e. The van der Waals surface area contributed by atoms with Crippen LogP contribution in [0.1, 0.15) is 44.1 Å². The molecule has 0 spiro atoms. The third-order valence-corrected chi connectivity index (χ3v) is 5.71. The first-order valence-corrected chi connectivity index (χ1v) is 9.05. The van der Waals surface area contributed by atoms with E-state index in [1.807, 2.05) is 12.1 Å². The van der Waals surface area contributed by atoms with E-state index in [0.29, 0.717) is 17.8 Å². The summed E-state index contributed by atoms with van der Waals surface area (Å²) in [5.41, 5.74) is 2.25. The van der Waals surface area contributed by atoms with Gasteiger partial charge in [0.25, 0.3) is 0 Å². The van der Waals surface area contributed by atoms with Crippen LogP contribution < -0.4 is 0 Å². The summed E-state index contributed by atoms with van der Waals surface area (Å²) in [5.74, 6) is 1.67. The monoisotopic (exact) mass is 329 g/mol. The largest absolute Gasteiger partial charge is 0.393 e. The summed E-state index contributed by atoms with van der Waals surface area (Å²) in [6, 6.07) is 10.5. The summed E-state index contributed by atoms with van der Waals surface area (Å²) in [4.78, 5) is 0. The maximum Gasteiger partial charge on any atom is 0.0943 e. The molecule has 1 saturated carbocycles. The molecular weight excluding hydrogens is 306 g/mol. The zero-order valence-corrected chi connectivity index (χ0v) is 14.2. The van der Waals surface area contributed by atoms with Gasteiger partial charge in [-0.25, -0.2) is 0 Å². The molecule has 1 fully saturated rings. The highest BCUT2D eigenvalue weighted by atomic mass is 35.5. The smallest absolute Gasteiger partial charge is 0.0943 e. The molecule has 2 atom stereocenters. The molecule has 2 unspecified atom stereocenters. The minimum absolute atomic E-state index is 0.112. The van der Waals surface area contributed by atoms with Crippen LogP contribution in [0.3, 0.4) is 0 Å². The van der Waals surface area contributed by atoms with Crippen molar-refractivity contribution < 1.29 is 5.11 Å². The Morgan fingerprint density at radius 3 is 2.48 bits per heavy atom. The number of benzene rings is 1. The van der Waals surface area contributed by atoms with Crippen LogP contribution in [0.4, 0.5) is 0 Å². The molecule has 1 aromatic carbocycles. The average Bonchev–Trinajstić information content (AvgIpc) is 2.57. The third-order valence-electron chi connectivity index (χ3n) is 5.46. The highest BCUT2D eigenvalue weighted by molar-refractivity contribution is 6.30. The van der Waals surface area contributed by atoms with Crippen LogP contribution in [0, 0.1) is 29.1 Å². The Kier molecular flexibility index (Phi) is 5.41. The van der Waals surface area contributed by atoms with Gasteiger partial charge in [-0.1, -0.05) is 29.8 Å². The molecule has 0 saturated heterocycles. The molecular formula is C20H24ClNO. The van der Waals surface area contributed by atoms with E-state index in [1.165, 1.54) is 5.56 Å². The van der Waals surface area contributed by atoms with Gasteiger partial charge in [0.1, 0.15) is 0 Å². The van der Waals surface area contributed by atoms with E-state index in [-0.39, 0.29) is 6.10 Å². The number of halogens is 1. The van der Waals surface area contributed by atoms with Crippen LogP contribution in [-0.2, 0) is 6.42 Å². The van der Waals surface area contributed by atoms with E-state index in [4.69, 9.17) is 11.6 Å². The van der Waals surface area contributed by atoms with Crippen molar-refractivity contribution in [3.8, 4) is 6.07 Å². The lowest BCUT2D eigenvalue weighted by molar-refractivity contribution is 0.0923. The Labute approximate surface area is 143 Å². The molecule has 122 valence electrons. The number of rotatable bonds is 3. The number of hydrogen-bond acceptors (Lipinski definition) is 2. The van der Waals surface area contributed by atoms with Gasteiger partial charge in [-0.15, -0.1) is 0 Å². The highest BCUT2D eigenvalue weighted by Gasteiger charge is 2.31. The van der Waals surface area contributed by atoms with Gasteiger partial charge in [-0.05, 0) is 80.4 Å². The van der Waals surface area contributed by atoms with Gasteiger partial charge in [0, 0.05) is 10.6 Å². The van der Waals surface area contributed by atoms with E-state index >= 15 is 0 Å². The fourth-order valence-corrected chi connectivity index (χ4v) is 4.35. The average molecular weight is 330 g/mol. The summed E-state index contributed by atoms with van der Waals surface area (Å²) >= 11 is 5.96. The van der Waals surface area contributed by atoms with Crippen LogP contribution in [-0.4, -0.2) is 11.2 Å². The van der Waals surface area contributed by atoms with Gasteiger partial charge in [-0.2, -0.15) is 5.26 Å². The molecule has 0 amide bonds. The fraction of sp³-hybridized carbons (Fsp3) is 0.550. The summed E-state index contributed by atoms with van der Waals surface area (Å²) < 4.78 is 0. The van der Waals surface area contributed by atoms with Crippen LogP contribution in [0.25, 0.3) is 0 Å². The second kappa shape index (κ2) is 7.51. The molecule has 1 N–H and O–H groups in total. The second-order valence-electron chi connectivity index (χ2n) is 7.17. The molecule has 1 aromatic rings. The van der Waals surface area contributed by atoms with Gasteiger partial charge in [0.2, 0.25) is 0 Å². The standard InChI is InChI=1S/C20H24ClNO/c21-19-5-1-14(2-6-19)9-15-10-16(13-22)12-18(11-15)17-3-7-20(23)8-4-17/h1-2,5-6,12,15,17-18,20,23H,3-4,7-11H2. The molecule has 0 aliphatic heterocycles. The summed E-state index contributed by atoms with van der Waals surface area (Å²) in [5, 5.41) is 19.9. The van der Waals surface area contributed by atoms with E-state index in [1.54, 1.807) is 0 Å². The Hall–Kier alpha value is -1.30. The Bertz CT molecular complexity index is 593. The van der Waals surface area contributed by atoms with Crippen molar-refractivity contribution in [2.75, 3.05) is 0 Å². The molecule has 0 bridgehead atoms. The van der Waals surface area contributed by atoms with Gasteiger partial charge in [-0.3, -0.25) is 0 Å². The van der Waals surface area contributed by atoms with Gasteiger partial charge in [0.05, 0.1) is 12.2 Å². The first-order chi connectivity index (χ1) is 11.1. The number of nitrogens with zero attached hydrogens (tertiary/aromatic N) is 1. The first-order valence-electron chi connectivity index (χ1n) is 8.67.